The molecule has 3 nitrogen and oxygen atoms in total. The van der Waals surface area contributed by atoms with E-state index in [9.17, 15) is 0 Å². The average Bonchev–Trinajstić information content (AvgIpc) is 1.72. The monoisotopic (exact) mass is 80.0 g/mol. The summed E-state index contributed by atoms with van der Waals surface area (Å²) in [6, 6.07) is 0. The van der Waals surface area contributed by atoms with Crippen LogP contribution in [0.15, 0.2) is 9.81 Å². The summed E-state index contributed by atoms with van der Waals surface area (Å²) in [7, 11) is 1.47. The van der Waals surface area contributed by atoms with E-state index < -0.39 is 0 Å². The van der Waals surface area contributed by atoms with Crippen LogP contribution in [-0.4, -0.2) is 20.2 Å². The van der Waals surface area contributed by atoms with Crippen molar-refractivity contribution in [1.82, 2.24) is 5.32 Å². The number of rotatable bonds is 0. The van der Waals surface area contributed by atoms with Crippen molar-refractivity contribution >= 4 is 20.2 Å². The first-order valence-electron chi connectivity index (χ1n) is 1.61. The summed E-state index contributed by atoms with van der Waals surface area (Å²) in [6.07, 6.45) is 3.12. The summed E-state index contributed by atoms with van der Waals surface area (Å²) in [6.45, 7) is 0. The second-order valence-corrected chi connectivity index (χ2v) is 0.838. The van der Waals surface area contributed by atoms with Crippen LogP contribution in [-0.2, 0) is 0 Å². The van der Waals surface area contributed by atoms with E-state index in [1.54, 1.807) is 12.7 Å². The molecule has 1 radical (unpaired) electrons. The minimum Gasteiger partial charge on any atom is -0.340 e. The molecule has 0 aromatic carbocycles. The van der Waals surface area contributed by atoms with Crippen LogP contribution in [0.2, 0.25) is 0 Å². The molecule has 0 aromatic heterocycles. The first kappa shape index (κ1) is 3.40. The van der Waals surface area contributed by atoms with Crippen molar-refractivity contribution in [2.75, 3.05) is 0 Å². The molecule has 29 valence electrons. The van der Waals surface area contributed by atoms with E-state index in [0.29, 0.717) is 0 Å². The van der Waals surface area contributed by atoms with Crippen LogP contribution in [0.4, 0.5) is 0 Å². The topological polar surface area (TPSA) is 36.8 Å². The molecule has 0 unspecified atom stereocenters. The maximum atomic E-state index is 3.62. The van der Waals surface area contributed by atoms with Gasteiger partial charge in [-0.1, -0.05) is 0 Å². The number of hydrogen-bond donors (Lipinski definition) is 1. The molecule has 1 aliphatic heterocycles. The highest BCUT2D eigenvalue weighted by Crippen LogP contribution is 1.64. The fourth-order valence-corrected chi connectivity index (χ4v) is 0.225. The second kappa shape index (κ2) is 1.59. The third kappa shape index (κ3) is 0.575. The van der Waals surface area contributed by atoms with Crippen LogP contribution in [0.25, 0.3) is 0 Å². The molecule has 0 saturated heterocycles. The van der Waals surface area contributed by atoms with Crippen LogP contribution in [0.1, 0.15) is 0 Å². The lowest BCUT2D eigenvalue weighted by molar-refractivity contribution is 1.42. The molecular formula is C2H3BN3. The lowest BCUT2D eigenvalue weighted by Gasteiger charge is -1.89. The standard InChI is InChI=1S/C2H3BN3/c1-4-2-6-3-5-1/h1-2H,(H,4,5,6). The molecule has 1 N–H and O–H groups in total. The van der Waals surface area contributed by atoms with Gasteiger partial charge < -0.3 is 15.1 Å². The van der Waals surface area contributed by atoms with E-state index in [2.05, 4.69) is 15.1 Å². The fourth-order valence-electron chi connectivity index (χ4n) is 0.225. The fraction of sp³-hybridized carbons (Fsp3) is 0. The van der Waals surface area contributed by atoms with Gasteiger partial charge in [0.05, 0.1) is 12.7 Å². The van der Waals surface area contributed by atoms with Crippen molar-refractivity contribution in [2.45, 2.75) is 0 Å². The third-order valence-electron chi connectivity index (χ3n) is 0.431. The van der Waals surface area contributed by atoms with Crippen LogP contribution < -0.4 is 5.32 Å². The van der Waals surface area contributed by atoms with Crippen molar-refractivity contribution in [2.24, 2.45) is 9.81 Å². The number of nitrogens with one attached hydrogen (secondary N) is 1. The van der Waals surface area contributed by atoms with E-state index in [4.69, 9.17) is 0 Å². The largest absolute Gasteiger partial charge is 0.433 e. The van der Waals surface area contributed by atoms with Gasteiger partial charge in [0.15, 0.2) is 0 Å². The van der Waals surface area contributed by atoms with E-state index in [-0.39, 0.29) is 0 Å². The van der Waals surface area contributed by atoms with Crippen LogP contribution in [0, 0.1) is 0 Å². The Kier molecular flexibility index (Phi) is 0.903. The van der Waals surface area contributed by atoms with Gasteiger partial charge >= 0.3 is 7.55 Å². The van der Waals surface area contributed by atoms with Crippen molar-refractivity contribution < 1.29 is 0 Å². The van der Waals surface area contributed by atoms with Gasteiger partial charge in [-0.05, 0) is 0 Å². The first-order chi connectivity index (χ1) is 3.00. The van der Waals surface area contributed by atoms with E-state index in [1.807, 2.05) is 0 Å². The molecule has 4 heteroatoms. The van der Waals surface area contributed by atoms with Crippen molar-refractivity contribution in [3.05, 3.63) is 0 Å². The Morgan fingerprint density at radius 2 is 2.00 bits per heavy atom. The Bertz CT molecular complexity index is 66.8. The normalized spacial score (nSPS) is 16.0. The molecule has 0 amide bonds. The van der Waals surface area contributed by atoms with Gasteiger partial charge in [-0.2, -0.15) is 0 Å². The quantitative estimate of drug-likeness (QED) is 0.379. The SMILES string of the molecule is [B]1N=CNC=N1. The zero-order chi connectivity index (χ0) is 4.24. The molecular weight excluding hydrogens is 76.9 g/mol. The summed E-state index contributed by atoms with van der Waals surface area (Å²) in [4.78, 5) is 7.24. The van der Waals surface area contributed by atoms with Crippen LogP contribution in [0.3, 0.4) is 0 Å². The van der Waals surface area contributed by atoms with Gasteiger partial charge in [0.2, 0.25) is 0 Å². The zero-order valence-electron chi connectivity index (χ0n) is 3.13. The number of hydrogen-bond acceptors (Lipinski definition) is 3. The molecule has 0 atom stereocenters. The summed E-state index contributed by atoms with van der Waals surface area (Å²) in [5.74, 6) is 0. The highest BCUT2D eigenvalue weighted by atomic mass is 15.0. The number of nitrogens with zero attached hydrogens (tertiary/aromatic N) is 2. The molecule has 1 aliphatic rings. The maximum Gasteiger partial charge on any atom is 0.433 e. The Balaban J connectivity index is 2.40. The van der Waals surface area contributed by atoms with E-state index in [1.165, 1.54) is 7.55 Å². The minimum absolute atomic E-state index is 1.47. The maximum absolute atomic E-state index is 3.62. The summed E-state index contributed by atoms with van der Waals surface area (Å²) in [5, 5.41) is 2.67. The summed E-state index contributed by atoms with van der Waals surface area (Å²) >= 11 is 0. The van der Waals surface area contributed by atoms with Crippen molar-refractivity contribution in [3.63, 3.8) is 0 Å². The van der Waals surface area contributed by atoms with Gasteiger partial charge in [-0.15, -0.1) is 0 Å². The Morgan fingerprint density at radius 1 is 1.33 bits per heavy atom. The summed E-state index contributed by atoms with van der Waals surface area (Å²) in [5.41, 5.74) is 0. The molecule has 0 aromatic rings. The van der Waals surface area contributed by atoms with Gasteiger partial charge in [0, 0.05) is 0 Å². The Hall–Kier alpha value is -0.795. The third-order valence-corrected chi connectivity index (χ3v) is 0.431. The summed E-state index contributed by atoms with van der Waals surface area (Å²) < 4.78 is 0. The first-order valence-corrected chi connectivity index (χ1v) is 1.61. The predicted molar refractivity (Wildman–Crippen MR) is 25.9 cm³/mol. The lowest BCUT2D eigenvalue weighted by atomic mass is 10.2. The molecule has 0 saturated carbocycles. The average molecular weight is 79.9 g/mol. The molecule has 6 heavy (non-hydrogen) atoms. The highest BCUT2D eigenvalue weighted by Gasteiger charge is 1.80. The van der Waals surface area contributed by atoms with E-state index >= 15 is 0 Å². The second-order valence-electron chi connectivity index (χ2n) is 0.838. The van der Waals surface area contributed by atoms with Gasteiger partial charge in [0.1, 0.15) is 0 Å². The van der Waals surface area contributed by atoms with Crippen molar-refractivity contribution in [1.29, 1.82) is 0 Å². The van der Waals surface area contributed by atoms with Gasteiger partial charge in [0.25, 0.3) is 0 Å². The predicted octanol–water partition coefficient (Wildman–Crippen LogP) is -0.820. The molecule has 0 fully saturated rings. The molecule has 0 spiro atoms. The molecule has 0 aliphatic carbocycles. The molecule has 0 bridgehead atoms. The Labute approximate surface area is 36.5 Å². The molecule has 1 heterocycles. The smallest absolute Gasteiger partial charge is 0.340 e. The Morgan fingerprint density at radius 3 is 2.17 bits per heavy atom. The minimum atomic E-state index is 1.47. The highest BCUT2D eigenvalue weighted by molar-refractivity contribution is 6.35. The molecule has 1 rings (SSSR count). The van der Waals surface area contributed by atoms with Gasteiger partial charge in [-0.3, -0.25) is 0 Å². The van der Waals surface area contributed by atoms with Crippen LogP contribution in [0.5, 0.6) is 0 Å². The van der Waals surface area contributed by atoms with E-state index in [0.717, 1.165) is 0 Å². The van der Waals surface area contributed by atoms with Gasteiger partial charge in [-0.25, -0.2) is 0 Å². The lowest BCUT2D eigenvalue weighted by Crippen LogP contribution is -2.12. The zero-order valence-corrected chi connectivity index (χ0v) is 3.13. The van der Waals surface area contributed by atoms with Crippen molar-refractivity contribution in [3.8, 4) is 0 Å². The van der Waals surface area contributed by atoms with Crippen LogP contribution >= 0.6 is 0 Å².